The molecule has 0 bridgehead atoms. The zero-order chi connectivity index (χ0) is 27.1. The maximum absolute atomic E-state index is 13.3. The second-order valence-electron chi connectivity index (χ2n) is 10.3. The fourth-order valence-electron chi connectivity index (χ4n) is 5.78. The Bertz CT molecular complexity index is 1260. The van der Waals surface area contributed by atoms with Gasteiger partial charge in [0.1, 0.15) is 24.9 Å². The van der Waals surface area contributed by atoms with Gasteiger partial charge in [0.25, 0.3) is 5.91 Å². The first-order valence-corrected chi connectivity index (χ1v) is 13.6. The van der Waals surface area contributed by atoms with Crippen molar-refractivity contribution in [2.75, 3.05) is 13.1 Å². The Morgan fingerprint density at radius 1 is 1.13 bits per heavy atom. The van der Waals surface area contributed by atoms with Gasteiger partial charge in [0.05, 0.1) is 12.1 Å². The Kier molecular flexibility index (Phi) is 8.97. The molecular weight excluding hydrogens is 480 g/mol. The van der Waals surface area contributed by atoms with Crippen LogP contribution in [0.5, 0.6) is 5.75 Å². The number of hydrogen-bond donors (Lipinski definition) is 3. The van der Waals surface area contributed by atoms with Crippen LogP contribution >= 0.6 is 0 Å². The summed E-state index contributed by atoms with van der Waals surface area (Å²) in [4.78, 5) is 29.6. The molecule has 0 radical (unpaired) electrons. The molecule has 3 atom stereocenters. The van der Waals surface area contributed by atoms with Crippen molar-refractivity contribution < 1.29 is 24.1 Å². The first-order chi connectivity index (χ1) is 18.4. The van der Waals surface area contributed by atoms with Crippen molar-refractivity contribution in [3.05, 3.63) is 71.4 Å². The fraction of sp³-hybridized carbons (Fsp3) is 0.433. The summed E-state index contributed by atoms with van der Waals surface area (Å²) >= 11 is 0. The molecular formula is C30H39N4O4+. The van der Waals surface area contributed by atoms with Gasteiger partial charge in [0.15, 0.2) is 0 Å². The number of aryl methyl sites for hydroxylation is 1. The zero-order valence-corrected chi connectivity index (χ0v) is 22.6. The number of carbonyl (C=O) groups excluding carboxylic acids is 2. The molecule has 1 fully saturated rings. The number of carbonyl (C=O) groups is 2. The predicted molar refractivity (Wildman–Crippen MR) is 146 cm³/mol. The first kappa shape index (κ1) is 27.5. The van der Waals surface area contributed by atoms with E-state index in [0.29, 0.717) is 28.9 Å². The number of para-hydroxylation sites is 1. The number of fused-ring (bicyclic) bond motifs is 1. The van der Waals surface area contributed by atoms with E-state index in [2.05, 4.69) is 30.3 Å². The van der Waals surface area contributed by atoms with E-state index in [9.17, 15) is 9.59 Å². The molecule has 38 heavy (non-hydrogen) atoms. The third kappa shape index (κ3) is 6.31. The van der Waals surface area contributed by atoms with Gasteiger partial charge in [-0.15, -0.1) is 0 Å². The van der Waals surface area contributed by atoms with Gasteiger partial charge in [-0.3, -0.25) is 19.8 Å². The highest BCUT2D eigenvalue weighted by Gasteiger charge is 2.43. The van der Waals surface area contributed by atoms with E-state index in [1.165, 1.54) is 0 Å². The molecule has 2 heterocycles. The summed E-state index contributed by atoms with van der Waals surface area (Å²) in [5.41, 5.74) is 8.64. The summed E-state index contributed by atoms with van der Waals surface area (Å²) in [6, 6.07) is 17.6. The number of likely N-dealkylation sites (tertiary alicyclic amines) is 1. The number of hydrogen-bond acceptors (Lipinski definition) is 5. The normalized spacial score (nSPS) is 21.2. The number of ether oxygens (including phenoxy) is 1. The van der Waals surface area contributed by atoms with Crippen molar-refractivity contribution in [1.29, 1.82) is 0 Å². The quantitative estimate of drug-likeness (QED) is 0.197. The number of rotatable bonds is 10. The monoisotopic (exact) mass is 519 g/mol. The number of nitrogens with zero attached hydrogens (tertiary/aromatic N) is 2. The summed E-state index contributed by atoms with van der Waals surface area (Å²) in [6.45, 7) is 8.18. The van der Waals surface area contributed by atoms with E-state index in [4.69, 9.17) is 9.94 Å². The Morgan fingerprint density at radius 3 is 2.61 bits per heavy atom. The van der Waals surface area contributed by atoms with Gasteiger partial charge in [-0.1, -0.05) is 31.5 Å². The van der Waals surface area contributed by atoms with Gasteiger partial charge in [-0.2, -0.15) is 5.43 Å². The van der Waals surface area contributed by atoms with Crippen LogP contribution in [0.3, 0.4) is 0 Å². The molecule has 8 heteroatoms. The first-order valence-electron chi connectivity index (χ1n) is 13.6. The standard InChI is InChI=1S/C30H38N4O4/c1-4-8-25-18-22(19-29(35)33-37)15-16-34(25,5-2)32-30(36)23-11-13-26(14-12-23)38-20-24-17-21(3)31-28-10-7-6-9-27(24)28/h6-7,9-14,17,22,25H,4-5,8,15-16,18-20H2,1-3H3,(H2-,32,33,35,36,37)/p+1. The molecule has 4 rings (SSSR count). The number of nitrogens with one attached hydrogen (secondary N) is 2. The van der Waals surface area contributed by atoms with E-state index in [1.54, 1.807) is 17.6 Å². The molecule has 8 nitrogen and oxygen atoms in total. The highest BCUT2D eigenvalue weighted by Crippen LogP contribution is 2.33. The molecule has 1 aromatic heterocycles. The van der Waals surface area contributed by atoms with Gasteiger partial charge in [-0.05, 0) is 56.2 Å². The van der Waals surface area contributed by atoms with Gasteiger partial charge in [0, 0.05) is 47.9 Å². The van der Waals surface area contributed by atoms with Crippen LogP contribution in [0.25, 0.3) is 10.9 Å². The Morgan fingerprint density at radius 2 is 1.89 bits per heavy atom. The third-order valence-corrected chi connectivity index (χ3v) is 7.79. The van der Waals surface area contributed by atoms with Crippen LogP contribution in [-0.4, -0.2) is 45.7 Å². The molecule has 1 aliphatic heterocycles. The van der Waals surface area contributed by atoms with Crippen molar-refractivity contribution in [2.24, 2.45) is 5.92 Å². The van der Waals surface area contributed by atoms with Crippen molar-refractivity contribution in [2.45, 2.75) is 65.5 Å². The van der Waals surface area contributed by atoms with Gasteiger partial charge >= 0.3 is 0 Å². The fourth-order valence-corrected chi connectivity index (χ4v) is 5.78. The number of pyridine rings is 1. The minimum Gasteiger partial charge on any atom is -0.489 e. The molecule has 1 aliphatic rings. The van der Waals surface area contributed by atoms with Gasteiger partial charge in [0.2, 0.25) is 5.91 Å². The smallest absolute Gasteiger partial charge is 0.295 e. The van der Waals surface area contributed by atoms with Gasteiger partial charge in [-0.25, -0.2) is 10.1 Å². The predicted octanol–water partition coefficient (Wildman–Crippen LogP) is 5.08. The highest BCUT2D eigenvalue weighted by molar-refractivity contribution is 5.93. The minimum atomic E-state index is -0.347. The Hall–Kier alpha value is -3.49. The summed E-state index contributed by atoms with van der Waals surface area (Å²) in [5.74, 6) is 0.444. The number of benzene rings is 2. The molecule has 0 aliphatic carbocycles. The van der Waals surface area contributed by atoms with E-state index in [1.807, 2.05) is 43.3 Å². The van der Waals surface area contributed by atoms with E-state index < -0.39 is 0 Å². The van der Waals surface area contributed by atoms with Crippen LogP contribution < -0.4 is 15.6 Å². The third-order valence-electron chi connectivity index (χ3n) is 7.79. The lowest BCUT2D eigenvalue weighted by molar-refractivity contribution is -0.987. The lowest BCUT2D eigenvalue weighted by atomic mass is 9.85. The molecule has 3 N–H and O–H groups in total. The highest BCUT2D eigenvalue weighted by atomic mass is 16.5. The molecule has 2 aromatic carbocycles. The number of quaternary nitrogens is 1. The Balaban J connectivity index is 1.42. The second kappa shape index (κ2) is 12.4. The lowest BCUT2D eigenvalue weighted by Crippen LogP contribution is -2.68. The molecule has 202 valence electrons. The van der Waals surface area contributed by atoms with Crippen molar-refractivity contribution in [3.63, 3.8) is 0 Å². The van der Waals surface area contributed by atoms with Crippen LogP contribution in [0.15, 0.2) is 54.6 Å². The van der Waals surface area contributed by atoms with Crippen LogP contribution in [0, 0.1) is 12.8 Å². The van der Waals surface area contributed by atoms with E-state index >= 15 is 0 Å². The van der Waals surface area contributed by atoms with E-state index in [-0.39, 0.29) is 23.8 Å². The van der Waals surface area contributed by atoms with Crippen LogP contribution in [0.4, 0.5) is 0 Å². The second-order valence-corrected chi connectivity index (χ2v) is 10.3. The average molecular weight is 520 g/mol. The average Bonchev–Trinajstić information content (AvgIpc) is 2.93. The number of aromatic nitrogens is 1. The summed E-state index contributed by atoms with van der Waals surface area (Å²) < 4.78 is 6.58. The SMILES string of the molecule is CCCC1CC(CC(=O)NO)CC[N+]1(CC)NC(=O)c1ccc(OCc2cc(C)nc3ccccc23)cc1. The molecule has 2 amide bonds. The van der Waals surface area contributed by atoms with Crippen LogP contribution in [0.2, 0.25) is 0 Å². The van der Waals surface area contributed by atoms with Crippen molar-refractivity contribution in [1.82, 2.24) is 15.9 Å². The number of piperidine rings is 1. The molecule has 0 spiro atoms. The molecule has 1 saturated heterocycles. The summed E-state index contributed by atoms with van der Waals surface area (Å²) in [5, 5.41) is 10.00. The molecule has 3 unspecified atom stereocenters. The molecule has 3 aromatic rings. The maximum atomic E-state index is 13.3. The molecule has 0 saturated carbocycles. The largest absolute Gasteiger partial charge is 0.489 e. The summed E-state index contributed by atoms with van der Waals surface area (Å²) in [6.07, 6.45) is 3.92. The van der Waals surface area contributed by atoms with Crippen LogP contribution in [0.1, 0.15) is 67.6 Å². The van der Waals surface area contributed by atoms with Crippen molar-refractivity contribution in [3.8, 4) is 5.75 Å². The minimum absolute atomic E-state index is 0.109. The number of amides is 2. The van der Waals surface area contributed by atoms with E-state index in [0.717, 1.165) is 60.9 Å². The van der Waals surface area contributed by atoms with Crippen LogP contribution in [-0.2, 0) is 11.4 Å². The lowest BCUT2D eigenvalue weighted by Gasteiger charge is -2.48. The summed E-state index contributed by atoms with van der Waals surface area (Å²) in [7, 11) is 0. The Labute approximate surface area is 224 Å². The van der Waals surface area contributed by atoms with Crippen molar-refractivity contribution >= 4 is 22.7 Å². The zero-order valence-electron chi connectivity index (χ0n) is 22.6. The topological polar surface area (TPSA) is 101 Å². The number of hydroxylamine groups is 1. The van der Waals surface area contributed by atoms with Gasteiger partial charge < -0.3 is 4.74 Å². The maximum Gasteiger partial charge on any atom is 0.295 e.